The molecule has 0 aromatic rings. The molecule has 1 nitrogen and oxygen atoms in total. The van der Waals surface area contributed by atoms with Crippen LogP contribution in [0.1, 0.15) is 32.1 Å². The Morgan fingerprint density at radius 3 is 2.55 bits per heavy atom. The Morgan fingerprint density at radius 2 is 1.64 bits per heavy atom. The summed E-state index contributed by atoms with van der Waals surface area (Å²) in [4.78, 5) is 0. The quantitative estimate of drug-likeness (QED) is 0.561. The molecule has 3 rings (SSSR count). The molecule has 1 heteroatoms. The minimum atomic E-state index is 0.552. The second-order valence-electron chi connectivity index (χ2n) is 4.99. The highest BCUT2D eigenvalue weighted by Gasteiger charge is 2.49. The summed E-state index contributed by atoms with van der Waals surface area (Å²) in [7, 11) is 0. The van der Waals surface area contributed by atoms with Gasteiger partial charge in [0.15, 0.2) is 0 Å². The van der Waals surface area contributed by atoms with Crippen molar-refractivity contribution in [1.29, 1.82) is 0 Å². The third kappa shape index (κ3) is 0.807. The zero-order valence-electron chi connectivity index (χ0n) is 7.00. The second kappa shape index (κ2) is 2.01. The first-order chi connectivity index (χ1) is 5.33. The normalized spacial score (nSPS) is 60.3. The van der Waals surface area contributed by atoms with Crippen molar-refractivity contribution >= 4 is 0 Å². The van der Waals surface area contributed by atoms with Gasteiger partial charge in [0, 0.05) is 6.04 Å². The summed E-state index contributed by atoms with van der Waals surface area (Å²) in [5.41, 5.74) is 6.04. The van der Waals surface area contributed by atoms with Gasteiger partial charge >= 0.3 is 0 Å². The summed E-state index contributed by atoms with van der Waals surface area (Å²) < 4.78 is 0. The highest BCUT2D eigenvalue weighted by molar-refractivity contribution is 5.01. The van der Waals surface area contributed by atoms with Gasteiger partial charge in [-0.05, 0) is 55.8 Å². The minimum Gasteiger partial charge on any atom is -0.328 e. The van der Waals surface area contributed by atoms with E-state index in [-0.39, 0.29) is 0 Å². The standard InChI is InChI=1S/C10H17N/c11-9-2-6-1-7-4-8(5-9)10(7)3-6/h6-10H,1-5,11H2/t6-,7?,8+,9+,10?/m0/s1. The van der Waals surface area contributed by atoms with Crippen LogP contribution in [0.2, 0.25) is 0 Å². The molecule has 0 aliphatic heterocycles. The lowest BCUT2D eigenvalue weighted by atomic mass is 9.64. The van der Waals surface area contributed by atoms with E-state index in [1.165, 1.54) is 32.1 Å². The molecular weight excluding hydrogens is 134 g/mol. The van der Waals surface area contributed by atoms with Gasteiger partial charge in [-0.15, -0.1) is 0 Å². The first-order valence-electron chi connectivity index (χ1n) is 5.08. The molecule has 0 amide bonds. The zero-order chi connectivity index (χ0) is 7.42. The third-order valence-corrected chi connectivity index (χ3v) is 4.30. The number of rotatable bonds is 0. The molecule has 3 aliphatic carbocycles. The predicted octanol–water partition coefficient (Wildman–Crippen LogP) is 1.77. The Balaban J connectivity index is 1.85. The number of hydrogen-bond acceptors (Lipinski definition) is 1. The van der Waals surface area contributed by atoms with Gasteiger partial charge in [0.2, 0.25) is 0 Å². The number of fused-ring (bicyclic) bond motifs is 1. The molecule has 3 fully saturated rings. The molecule has 3 aliphatic rings. The van der Waals surface area contributed by atoms with Crippen molar-refractivity contribution < 1.29 is 0 Å². The molecular formula is C10H17N. The zero-order valence-corrected chi connectivity index (χ0v) is 7.00. The molecule has 5 atom stereocenters. The van der Waals surface area contributed by atoms with Gasteiger partial charge in [-0.2, -0.15) is 0 Å². The van der Waals surface area contributed by atoms with Crippen LogP contribution in [0.25, 0.3) is 0 Å². The van der Waals surface area contributed by atoms with E-state index in [2.05, 4.69) is 0 Å². The smallest absolute Gasteiger partial charge is 0.00442 e. The molecule has 0 heterocycles. The average Bonchev–Trinajstić information content (AvgIpc) is 2.14. The largest absolute Gasteiger partial charge is 0.328 e. The average molecular weight is 151 g/mol. The molecule has 2 N–H and O–H groups in total. The lowest BCUT2D eigenvalue weighted by molar-refractivity contribution is 0.0875. The molecule has 62 valence electrons. The van der Waals surface area contributed by atoms with Gasteiger partial charge in [0.1, 0.15) is 0 Å². The Hall–Kier alpha value is -0.0400. The van der Waals surface area contributed by atoms with Gasteiger partial charge in [-0.3, -0.25) is 0 Å². The molecule has 2 unspecified atom stereocenters. The van der Waals surface area contributed by atoms with Crippen LogP contribution in [0.5, 0.6) is 0 Å². The van der Waals surface area contributed by atoms with Crippen LogP contribution in [0.4, 0.5) is 0 Å². The van der Waals surface area contributed by atoms with E-state index in [4.69, 9.17) is 5.73 Å². The van der Waals surface area contributed by atoms with E-state index in [0.717, 1.165) is 23.7 Å². The fraction of sp³-hybridized carbons (Fsp3) is 1.00. The van der Waals surface area contributed by atoms with Gasteiger partial charge in [0.05, 0.1) is 0 Å². The van der Waals surface area contributed by atoms with Crippen LogP contribution < -0.4 is 5.73 Å². The Morgan fingerprint density at radius 1 is 0.818 bits per heavy atom. The van der Waals surface area contributed by atoms with E-state index in [0.29, 0.717) is 6.04 Å². The van der Waals surface area contributed by atoms with Gasteiger partial charge < -0.3 is 5.73 Å². The summed E-state index contributed by atoms with van der Waals surface area (Å²) in [6.07, 6.45) is 7.26. The number of nitrogens with two attached hydrogens (primary N) is 1. The van der Waals surface area contributed by atoms with Crippen LogP contribution in [-0.4, -0.2) is 6.04 Å². The summed E-state index contributed by atoms with van der Waals surface area (Å²) in [6.45, 7) is 0. The monoisotopic (exact) mass is 151 g/mol. The topological polar surface area (TPSA) is 26.0 Å². The molecule has 0 saturated heterocycles. The first kappa shape index (κ1) is 6.47. The molecule has 0 radical (unpaired) electrons. The van der Waals surface area contributed by atoms with Crippen molar-refractivity contribution in [3.05, 3.63) is 0 Å². The van der Waals surface area contributed by atoms with Crippen molar-refractivity contribution in [3.63, 3.8) is 0 Å². The lowest BCUT2D eigenvalue weighted by Crippen LogP contribution is -2.37. The highest BCUT2D eigenvalue weighted by Crippen LogP contribution is 2.57. The van der Waals surface area contributed by atoms with E-state index in [9.17, 15) is 0 Å². The molecule has 3 saturated carbocycles. The van der Waals surface area contributed by atoms with E-state index in [1.54, 1.807) is 0 Å². The van der Waals surface area contributed by atoms with Crippen molar-refractivity contribution in [2.75, 3.05) is 0 Å². The van der Waals surface area contributed by atoms with Crippen LogP contribution in [0, 0.1) is 23.7 Å². The maximum absolute atomic E-state index is 6.04. The Bertz CT molecular complexity index is 172. The fourth-order valence-electron chi connectivity index (χ4n) is 3.87. The van der Waals surface area contributed by atoms with Crippen LogP contribution in [0.3, 0.4) is 0 Å². The maximum Gasteiger partial charge on any atom is 0.00442 e. The Labute approximate surface area is 68.3 Å². The van der Waals surface area contributed by atoms with Crippen molar-refractivity contribution in [2.45, 2.75) is 38.1 Å². The highest BCUT2D eigenvalue weighted by atomic mass is 14.7. The molecule has 11 heavy (non-hydrogen) atoms. The van der Waals surface area contributed by atoms with E-state index < -0.39 is 0 Å². The van der Waals surface area contributed by atoms with Crippen molar-refractivity contribution in [1.82, 2.24) is 0 Å². The first-order valence-corrected chi connectivity index (χ1v) is 5.08. The van der Waals surface area contributed by atoms with Gasteiger partial charge in [0.25, 0.3) is 0 Å². The van der Waals surface area contributed by atoms with E-state index >= 15 is 0 Å². The summed E-state index contributed by atoms with van der Waals surface area (Å²) in [5, 5.41) is 0. The van der Waals surface area contributed by atoms with Crippen LogP contribution >= 0.6 is 0 Å². The van der Waals surface area contributed by atoms with Gasteiger partial charge in [-0.1, -0.05) is 0 Å². The summed E-state index contributed by atoms with van der Waals surface area (Å²) in [6, 6.07) is 0.552. The summed E-state index contributed by atoms with van der Waals surface area (Å²) >= 11 is 0. The molecule has 0 aromatic heterocycles. The van der Waals surface area contributed by atoms with Crippen molar-refractivity contribution in [3.8, 4) is 0 Å². The number of hydrogen-bond donors (Lipinski definition) is 1. The maximum atomic E-state index is 6.04. The second-order valence-corrected chi connectivity index (χ2v) is 4.99. The SMILES string of the molecule is N[C@@H]1C[C@@H]2CC3C[C@H](C1)C3C2. The minimum absolute atomic E-state index is 0.552. The third-order valence-electron chi connectivity index (χ3n) is 4.30. The molecule has 2 bridgehead atoms. The molecule has 0 spiro atoms. The summed E-state index contributed by atoms with van der Waals surface area (Å²) in [5.74, 6) is 4.32. The predicted molar refractivity (Wildman–Crippen MR) is 45.0 cm³/mol. The van der Waals surface area contributed by atoms with Crippen molar-refractivity contribution in [2.24, 2.45) is 29.4 Å². The van der Waals surface area contributed by atoms with Crippen LogP contribution in [0.15, 0.2) is 0 Å². The Kier molecular flexibility index (Phi) is 1.18. The fourth-order valence-corrected chi connectivity index (χ4v) is 3.87. The van der Waals surface area contributed by atoms with Crippen LogP contribution in [-0.2, 0) is 0 Å². The molecule has 0 aromatic carbocycles. The lowest BCUT2D eigenvalue weighted by Gasteiger charge is -2.42. The van der Waals surface area contributed by atoms with E-state index in [1.807, 2.05) is 0 Å². The van der Waals surface area contributed by atoms with Gasteiger partial charge in [-0.25, -0.2) is 0 Å².